The Labute approximate surface area is 76.1 Å². The van der Waals surface area contributed by atoms with Gasteiger partial charge in [0.2, 0.25) is 0 Å². The van der Waals surface area contributed by atoms with Gasteiger partial charge in [-0.2, -0.15) is 5.26 Å². The third-order valence-electron chi connectivity index (χ3n) is 1.27. The van der Waals surface area contributed by atoms with Crippen molar-refractivity contribution in [2.24, 2.45) is 0 Å². The number of allylic oxidation sites excluding steroid dienone is 1. The predicted molar refractivity (Wildman–Crippen MR) is 48.5 cm³/mol. The summed E-state index contributed by atoms with van der Waals surface area (Å²) in [6.07, 6.45) is 5.52. The number of nitrogens with zero attached hydrogens (tertiary/aromatic N) is 2. The van der Waals surface area contributed by atoms with Crippen LogP contribution in [0.15, 0.2) is 24.4 Å². The quantitative estimate of drug-likeness (QED) is 0.698. The lowest BCUT2D eigenvalue weighted by Crippen LogP contribution is -1.79. The van der Waals surface area contributed by atoms with Crippen molar-refractivity contribution >= 4 is 17.7 Å². The Morgan fingerprint density at radius 1 is 1.67 bits per heavy atom. The Bertz CT molecular complexity index is 326. The first-order valence-electron chi connectivity index (χ1n) is 3.48. The minimum Gasteiger partial charge on any atom is -0.255 e. The van der Waals surface area contributed by atoms with Crippen LogP contribution in [-0.4, -0.2) is 4.98 Å². The molecule has 0 N–H and O–H groups in total. The number of hydrogen-bond donors (Lipinski definition) is 0. The standard InChI is InChI=1S/C9H7ClN2/c10-8-4-3-7-12-9(8)5-1-2-6-11/h1,3-5,7H,2H2. The maximum absolute atomic E-state index is 8.26. The summed E-state index contributed by atoms with van der Waals surface area (Å²) in [4.78, 5) is 4.02. The molecule has 0 aliphatic heterocycles. The Kier molecular flexibility index (Phi) is 3.31. The average Bonchev–Trinajstić information content (AvgIpc) is 2.09. The second-order valence-corrected chi connectivity index (χ2v) is 2.54. The van der Waals surface area contributed by atoms with E-state index in [0.717, 1.165) is 0 Å². The molecule has 0 atom stereocenters. The van der Waals surface area contributed by atoms with E-state index in [1.54, 1.807) is 30.5 Å². The van der Waals surface area contributed by atoms with Crippen LogP contribution in [0, 0.1) is 11.3 Å². The van der Waals surface area contributed by atoms with E-state index < -0.39 is 0 Å². The van der Waals surface area contributed by atoms with E-state index in [1.165, 1.54) is 0 Å². The van der Waals surface area contributed by atoms with Crippen LogP contribution in [0.5, 0.6) is 0 Å². The molecule has 3 heteroatoms. The van der Waals surface area contributed by atoms with Crippen molar-refractivity contribution in [3.63, 3.8) is 0 Å². The molecule has 0 aromatic carbocycles. The molecule has 0 bridgehead atoms. The minimum absolute atomic E-state index is 0.382. The highest BCUT2D eigenvalue weighted by atomic mass is 35.5. The summed E-state index contributed by atoms with van der Waals surface area (Å²) < 4.78 is 0. The number of hydrogen-bond acceptors (Lipinski definition) is 2. The van der Waals surface area contributed by atoms with Crippen molar-refractivity contribution in [2.75, 3.05) is 0 Å². The van der Waals surface area contributed by atoms with E-state index in [1.807, 2.05) is 6.07 Å². The lowest BCUT2D eigenvalue weighted by atomic mass is 10.3. The Morgan fingerprint density at radius 3 is 3.17 bits per heavy atom. The van der Waals surface area contributed by atoms with Gasteiger partial charge in [-0.3, -0.25) is 4.98 Å². The first-order valence-corrected chi connectivity index (χ1v) is 3.86. The summed E-state index contributed by atoms with van der Waals surface area (Å²) in [5.41, 5.74) is 0.703. The topological polar surface area (TPSA) is 36.7 Å². The van der Waals surface area contributed by atoms with Gasteiger partial charge < -0.3 is 0 Å². The highest BCUT2D eigenvalue weighted by Gasteiger charge is 1.93. The van der Waals surface area contributed by atoms with Crippen LogP contribution in [0.3, 0.4) is 0 Å². The molecule has 1 aromatic rings. The SMILES string of the molecule is N#CCC=Cc1ncccc1Cl. The van der Waals surface area contributed by atoms with Crippen LogP contribution < -0.4 is 0 Å². The van der Waals surface area contributed by atoms with Gasteiger partial charge in [0, 0.05) is 6.20 Å². The Balaban J connectivity index is 2.77. The maximum atomic E-state index is 8.26. The third-order valence-corrected chi connectivity index (χ3v) is 1.59. The number of halogens is 1. The number of pyridine rings is 1. The van der Waals surface area contributed by atoms with E-state index in [4.69, 9.17) is 16.9 Å². The largest absolute Gasteiger partial charge is 0.255 e. The van der Waals surface area contributed by atoms with Crippen LogP contribution >= 0.6 is 11.6 Å². The van der Waals surface area contributed by atoms with Crippen molar-refractivity contribution in [1.29, 1.82) is 5.26 Å². The van der Waals surface area contributed by atoms with Gasteiger partial charge in [0.15, 0.2) is 0 Å². The fourth-order valence-corrected chi connectivity index (χ4v) is 0.928. The second kappa shape index (κ2) is 4.53. The zero-order valence-corrected chi connectivity index (χ0v) is 7.12. The van der Waals surface area contributed by atoms with Gasteiger partial charge in [0.1, 0.15) is 0 Å². The Morgan fingerprint density at radius 2 is 2.50 bits per heavy atom. The lowest BCUT2D eigenvalue weighted by Gasteiger charge is -1.93. The molecule has 0 spiro atoms. The summed E-state index contributed by atoms with van der Waals surface area (Å²) in [5.74, 6) is 0. The molecule has 0 aliphatic carbocycles. The number of rotatable bonds is 2. The molecule has 2 nitrogen and oxygen atoms in total. The molecule has 0 saturated heterocycles. The zero-order valence-electron chi connectivity index (χ0n) is 6.37. The second-order valence-electron chi connectivity index (χ2n) is 2.14. The number of nitriles is 1. The molecule has 0 amide bonds. The van der Waals surface area contributed by atoms with Crippen molar-refractivity contribution in [1.82, 2.24) is 4.98 Å². The highest BCUT2D eigenvalue weighted by Crippen LogP contribution is 2.13. The third kappa shape index (κ3) is 2.37. The molecule has 60 valence electrons. The van der Waals surface area contributed by atoms with Crippen LogP contribution in [-0.2, 0) is 0 Å². The first kappa shape index (κ1) is 8.76. The van der Waals surface area contributed by atoms with Gasteiger partial charge in [-0.05, 0) is 18.2 Å². The van der Waals surface area contributed by atoms with Crippen LogP contribution in [0.1, 0.15) is 12.1 Å². The molecule has 0 unspecified atom stereocenters. The monoisotopic (exact) mass is 178 g/mol. The van der Waals surface area contributed by atoms with Crippen LogP contribution in [0.2, 0.25) is 5.02 Å². The Hall–Kier alpha value is -1.33. The molecule has 1 rings (SSSR count). The van der Waals surface area contributed by atoms with E-state index >= 15 is 0 Å². The van der Waals surface area contributed by atoms with E-state index in [0.29, 0.717) is 17.1 Å². The van der Waals surface area contributed by atoms with Crippen LogP contribution in [0.4, 0.5) is 0 Å². The van der Waals surface area contributed by atoms with Gasteiger partial charge in [0.05, 0.1) is 23.2 Å². The van der Waals surface area contributed by atoms with Crippen LogP contribution in [0.25, 0.3) is 6.08 Å². The molecule has 0 fully saturated rings. The smallest absolute Gasteiger partial charge is 0.0812 e. The predicted octanol–water partition coefficient (Wildman–Crippen LogP) is 2.66. The molecule has 0 radical (unpaired) electrons. The molecule has 12 heavy (non-hydrogen) atoms. The lowest BCUT2D eigenvalue weighted by molar-refractivity contribution is 1.29. The summed E-state index contributed by atoms with van der Waals surface area (Å²) >= 11 is 5.81. The molecule has 1 aromatic heterocycles. The van der Waals surface area contributed by atoms with E-state index in [-0.39, 0.29) is 0 Å². The molecule has 0 saturated carbocycles. The average molecular weight is 179 g/mol. The summed E-state index contributed by atoms with van der Waals surface area (Å²) in [6.45, 7) is 0. The molecular formula is C9H7ClN2. The van der Waals surface area contributed by atoms with Crippen molar-refractivity contribution in [3.8, 4) is 6.07 Å². The maximum Gasteiger partial charge on any atom is 0.0812 e. The van der Waals surface area contributed by atoms with Gasteiger partial charge in [0.25, 0.3) is 0 Å². The summed E-state index contributed by atoms with van der Waals surface area (Å²) in [7, 11) is 0. The van der Waals surface area contributed by atoms with Gasteiger partial charge in [-0.15, -0.1) is 0 Å². The fraction of sp³-hybridized carbons (Fsp3) is 0.111. The van der Waals surface area contributed by atoms with E-state index in [9.17, 15) is 0 Å². The van der Waals surface area contributed by atoms with Gasteiger partial charge in [-0.1, -0.05) is 17.7 Å². The minimum atomic E-state index is 0.382. The summed E-state index contributed by atoms with van der Waals surface area (Å²) in [6, 6.07) is 5.53. The van der Waals surface area contributed by atoms with Crippen molar-refractivity contribution in [2.45, 2.75) is 6.42 Å². The fourth-order valence-electron chi connectivity index (χ4n) is 0.744. The number of aromatic nitrogens is 1. The molecular weight excluding hydrogens is 172 g/mol. The normalized spacial score (nSPS) is 10.0. The van der Waals surface area contributed by atoms with Crippen molar-refractivity contribution < 1.29 is 0 Å². The van der Waals surface area contributed by atoms with Crippen molar-refractivity contribution in [3.05, 3.63) is 35.1 Å². The zero-order chi connectivity index (χ0) is 8.81. The molecule has 0 aliphatic rings. The highest BCUT2D eigenvalue weighted by molar-refractivity contribution is 6.31. The van der Waals surface area contributed by atoms with Gasteiger partial charge in [-0.25, -0.2) is 0 Å². The summed E-state index contributed by atoms with van der Waals surface area (Å²) in [5, 5.41) is 8.86. The molecule has 1 heterocycles. The first-order chi connectivity index (χ1) is 5.84. The van der Waals surface area contributed by atoms with Gasteiger partial charge >= 0.3 is 0 Å². The van der Waals surface area contributed by atoms with E-state index in [2.05, 4.69) is 4.98 Å².